The fourth-order valence-corrected chi connectivity index (χ4v) is 46.2. The predicted octanol–water partition coefficient (Wildman–Crippen LogP) is 1.17. The highest BCUT2D eigenvalue weighted by Gasteiger charge is 2.65. The summed E-state index contributed by atoms with van der Waals surface area (Å²) < 4.78 is 97.9. The topological polar surface area (TPSA) is 282 Å². The number of epoxide rings is 4. The Hall–Kier alpha value is -1.49. The maximum absolute atomic E-state index is 11.7. The van der Waals surface area contributed by atoms with Gasteiger partial charge < -0.3 is 85.3 Å². The Labute approximate surface area is 814 Å². The zero-order chi connectivity index (χ0) is 91.0. The standard InChI is InChI=1S/4C10H18O3Si.4C10H16O2Si.2C9H14O2Si/c14-10-2-8-6(1-9(10)13-8)3-11-4-7-5-12-7;14-9-2-7-1-6(10(9)13-7)3-11-4-8-5-12-8;14-10-4-8-7(3-9(10)13-8)11-2-1-6-5-12-6;14-9-4-7-3-8(10(9)13-7)11-2-1-6-5-12-6;11-9-4-10(5-12-9)3-6-1-7(10)2-8(6)13;11-9-4-10(5-12-9)3-6-1-7(10)8(13)2-6;11-9-10(1-2-12-9)5-6-3-7(10)4-8(6)13;11-9-10(1-2-12-9)5-6-3-7(10)8(13)4-6;10-9-8-4-1-5(7(12)2-4)6(8)3-11-9;10-9-8-5-1-4(2-7(5)12)6(8)3-11-9/h4*6-10H,1-5H2,14H3;4*6-8H,1-5H2,13H3;2*4-8H,1-3H2,12H3. The number of hydrogen-bond donors (Lipinski definition) is 0. The molecule has 0 aromatic heterocycles. The van der Waals surface area contributed by atoms with Gasteiger partial charge in [-0.05, 0) is 241 Å². The van der Waals surface area contributed by atoms with Crippen molar-refractivity contribution >= 4 is 138 Å². The van der Waals surface area contributed by atoms with Crippen LogP contribution in [0.3, 0.4) is 0 Å². The molecule has 0 amide bonds. The predicted molar refractivity (Wildman–Crippen MR) is 528 cm³/mol. The van der Waals surface area contributed by atoms with Crippen molar-refractivity contribution in [2.45, 2.75) is 333 Å². The Kier molecular flexibility index (Phi) is 29.5. The molecular formula is C98H164O24Si10. The summed E-state index contributed by atoms with van der Waals surface area (Å²) in [4.78, 5) is 68.5. The third-order valence-electron chi connectivity index (χ3n) is 41.2. The molecule has 30 aliphatic rings. The van der Waals surface area contributed by atoms with Gasteiger partial charge in [-0.15, -0.1) is 0 Å². The summed E-state index contributed by atoms with van der Waals surface area (Å²) in [6, 6.07) is 0. The van der Waals surface area contributed by atoms with Crippen LogP contribution in [0, 0.1) is 128 Å². The van der Waals surface area contributed by atoms with E-state index in [4.69, 9.17) is 85.3 Å². The van der Waals surface area contributed by atoms with Gasteiger partial charge in [0.05, 0.1) is 201 Å². The molecule has 132 heavy (non-hydrogen) atoms. The molecule has 0 radical (unpaired) electrons. The number of carbonyl (C=O) groups excluding carboxylic acids is 6. The molecule has 740 valence electrons. The molecule has 46 atom stereocenters. The van der Waals surface area contributed by atoms with Crippen molar-refractivity contribution in [2.75, 3.05) is 106 Å². The van der Waals surface area contributed by atoms with Gasteiger partial charge in [0.1, 0.15) is 12.2 Å². The summed E-state index contributed by atoms with van der Waals surface area (Å²) in [5.41, 5.74) is 9.89. The van der Waals surface area contributed by atoms with E-state index in [9.17, 15) is 28.8 Å². The van der Waals surface area contributed by atoms with Crippen molar-refractivity contribution in [1.82, 2.24) is 0 Å². The van der Waals surface area contributed by atoms with Crippen LogP contribution in [0.4, 0.5) is 0 Å². The highest BCUT2D eigenvalue weighted by atomic mass is 28.2. The number of carbonyl (C=O) groups is 6. The smallest absolute Gasteiger partial charge is 0.312 e. The molecule has 20 bridgehead atoms. The summed E-state index contributed by atoms with van der Waals surface area (Å²) in [7, 11) is 12.9. The second kappa shape index (κ2) is 40.3. The van der Waals surface area contributed by atoms with E-state index in [1.54, 1.807) is 0 Å². The molecule has 12 saturated carbocycles. The third-order valence-corrected chi connectivity index (χ3v) is 53.9. The van der Waals surface area contributed by atoms with Crippen molar-refractivity contribution < 1.29 is 114 Å². The van der Waals surface area contributed by atoms with Crippen LogP contribution in [0.1, 0.15) is 193 Å². The monoisotopic (exact) mass is 2000 g/mol. The van der Waals surface area contributed by atoms with Gasteiger partial charge in [0.2, 0.25) is 0 Å². The highest BCUT2D eigenvalue weighted by molar-refractivity contribution is 6.15. The molecule has 34 heteroatoms. The SMILES string of the molecule is O=C1CC2(CO1)CC1CC([SiH3])C2C1.O=C1CC2(CO1)CC1CC2CC1[SiH3].O=C1OCC2C3CC(CC3[SiH3])C12.O=C1OCC2C3CC([SiH3])C(C3)C12.O=C1OCCC12CC1CC([SiH3])C2C1.O=C1OCCC12CC1CC2CC1[SiH3].[SiH3]C1CC2CC(COCC3CO3)C1O2.[SiH3]C1CC2CC(OCCC3CO3)C1O2.[SiH3]C1CC2OC1CC2COCC1CO1.[SiH3]C1CC2OC1CC2OCCC1CO1. The van der Waals surface area contributed by atoms with Gasteiger partial charge in [0.25, 0.3) is 0 Å². The maximum atomic E-state index is 11.7. The number of fused-ring (bicyclic) bond motifs is 30. The average molecular weight is 2010 g/mol. The van der Waals surface area contributed by atoms with Gasteiger partial charge in [-0.2, -0.15) is 0 Å². The Balaban J connectivity index is 0.0000000884. The Morgan fingerprint density at radius 1 is 0.333 bits per heavy atom. The summed E-state index contributed by atoms with van der Waals surface area (Å²) in [6.45, 7) is 13.1. The zero-order valence-electron chi connectivity index (χ0n) is 81.6. The number of rotatable bonds is 16. The third kappa shape index (κ3) is 20.3. The number of cyclic esters (lactones) is 6. The summed E-state index contributed by atoms with van der Waals surface area (Å²) in [6.07, 6.45) is 43.5. The molecule has 30 rings (SSSR count). The fourth-order valence-electron chi connectivity index (χ4n) is 34.0. The van der Waals surface area contributed by atoms with Gasteiger partial charge in [-0.3, -0.25) is 28.8 Å². The molecule has 0 N–H and O–H groups in total. The van der Waals surface area contributed by atoms with E-state index in [1.807, 2.05) is 0 Å². The quantitative estimate of drug-likeness (QED) is 0.0907. The van der Waals surface area contributed by atoms with Crippen LogP contribution < -0.4 is 0 Å². The molecule has 4 spiro atoms. The molecular weight excluding hydrogens is 1840 g/mol. The minimum Gasteiger partial charge on any atom is -0.465 e. The largest absolute Gasteiger partial charge is 0.465 e. The van der Waals surface area contributed by atoms with Crippen LogP contribution in [-0.4, -0.2) is 329 Å². The molecule has 30 fully saturated rings. The molecule has 46 unspecified atom stereocenters. The molecule has 0 aromatic rings. The lowest BCUT2D eigenvalue weighted by Gasteiger charge is -2.34. The van der Waals surface area contributed by atoms with Gasteiger partial charge in [-0.1, -0.05) is 52.5 Å². The first kappa shape index (κ1) is 96.6. The van der Waals surface area contributed by atoms with Crippen LogP contribution in [0.25, 0.3) is 0 Å². The van der Waals surface area contributed by atoms with Gasteiger partial charge in [-0.25, -0.2) is 0 Å². The summed E-state index contributed by atoms with van der Waals surface area (Å²) in [5.74, 6) is 13.7. The van der Waals surface area contributed by atoms with E-state index >= 15 is 0 Å². The molecule has 0 aromatic carbocycles. The second-order valence-electron chi connectivity index (χ2n) is 49.8. The first-order valence-electron chi connectivity index (χ1n) is 54.1. The van der Waals surface area contributed by atoms with Crippen LogP contribution in [0.2, 0.25) is 55.4 Å². The molecule has 18 saturated heterocycles. The maximum Gasteiger partial charge on any atom is 0.312 e. The van der Waals surface area contributed by atoms with Crippen LogP contribution >= 0.6 is 0 Å². The van der Waals surface area contributed by atoms with Crippen molar-refractivity contribution in [2.24, 2.45) is 128 Å². The first-order chi connectivity index (χ1) is 63.7. The number of hydrogen-bond acceptors (Lipinski definition) is 24. The molecule has 24 nitrogen and oxygen atoms in total. The lowest BCUT2D eigenvalue weighted by atomic mass is 9.72. The van der Waals surface area contributed by atoms with E-state index in [0.29, 0.717) is 163 Å². The van der Waals surface area contributed by atoms with E-state index in [2.05, 4.69) is 0 Å². The van der Waals surface area contributed by atoms with Gasteiger partial charge in [0.15, 0.2) is 0 Å². The van der Waals surface area contributed by atoms with Gasteiger partial charge >= 0.3 is 35.8 Å². The van der Waals surface area contributed by atoms with Crippen molar-refractivity contribution in [1.29, 1.82) is 0 Å². The Bertz CT molecular complexity index is 3980. The average Bonchev–Trinajstić information content (AvgIpc) is 1.58. The fraction of sp³-hybridized carbons (Fsp3) is 0.939. The summed E-state index contributed by atoms with van der Waals surface area (Å²) in [5, 5.41) is 0. The molecule has 12 aliphatic carbocycles. The minimum absolute atomic E-state index is 0.00553. The number of ether oxygens (including phenoxy) is 18. The lowest BCUT2D eigenvalue weighted by Crippen LogP contribution is -2.35. The second-order valence-corrected chi connectivity index (χ2v) is 64.6. The summed E-state index contributed by atoms with van der Waals surface area (Å²) >= 11 is 0. The van der Waals surface area contributed by atoms with Crippen molar-refractivity contribution in [3.8, 4) is 0 Å². The van der Waals surface area contributed by atoms with E-state index in [0.717, 1.165) is 265 Å². The lowest BCUT2D eigenvalue weighted by molar-refractivity contribution is -0.149. The Morgan fingerprint density at radius 2 is 0.871 bits per heavy atom. The van der Waals surface area contributed by atoms with Crippen LogP contribution in [-0.2, 0) is 114 Å². The highest BCUT2D eigenvalue weighted by Crippen LogP contribution is 2.68. The zero-order valence-corrected chi connectivity index (χ0v) is 102. The molecule has 18 aliphatic heterocycles. The van der Waals surface area contributed by atoms with E-state index in [-0.39, 0.29) is 46.6 Å². The Morgan fingerprint density at radius 3 is 1.38 bits per heavy atom. The van der Waals surface area contributed by atoms with Crippen molar-refractivity contribution in [3.05, 3.63) is 0 Å². The normalized spacial score (nSPS) is 52.5. The molecule has 18 heterocycles. The van der Waals surface area contributed by atoms with Crippen LogP contribution in [0.5, 0.6) is 0 Å². The van der Waals surface area contributed by atoms with Crippen molar-refractivity contribution in [3.63, 3.8) is 0 Å². The van der Waals surface area contributed by atoms with Gasteiger partial charge in [0, 0.05) is 163 Å². The van der Waals surface area contributed by atoms with Crippen LogP contribution in [0.15, 0.2) is 0 Å². The number of esters is 6. The minimum atomic E-state index is 0.00553. The van der Waals surface area contributed by atoms with E-state index in [1.165, 1.54) is 231 Å². The first-order valence-corrected chi connectivity index (χ1v) is 65.7. The van der Waals surface area contributed by atoms with E-state index < -0.39 is 0 Å².